The lowest BCUT2D eigenvalue weighted by Gasteiger charge is -2.07. The average Bonchev–Trinajstić information content (AvgIpc) is 2.97. The maximum absolute atomic E-state index is 9.10. The first-order valence-electron chi connectivity index (χ1n) is 5.74. The van der Waals surface area contributed by atoms with Crippen LogP contribution in [0.1, 0.15) is 23.7 Å². The lowest BCUT2D eigenvalue weighted by molar-refractivity contribution is 0.680. The van der Waals surface area contributed by atoms with Crippen LogP contribution in [-0.4, -0.2) is 21.1 Å². The summed E-state index contributed by atoms with van der Waals surface area (Å²) in [4.78, 5) is 4.69. The van der Waals surface area contributed by atoms with Gasteiger partial charge in [0.05, 0.1) is 11.1 Å². The zero-order valence-corrected chi connectivity index (χ0v) is 10.5. The summed E-state index contributed by atoms with van der Waals surface area (Å²) in [7, 11) is 2.05. The number of nitrogens with zero attached hydrogens (tertiary/aromatic N) is 3. The van der Waals surface area contributed by atoms with Crippen LogP contribution >= 0.6 is 11.8 Å². The van der Waals surface area contributed by atoms with Crippen molar-refractivity contribution in [2.45, 2.75) is 12.3 Å². The maximum atomic E-state index is 9.10. The zero-order chi connectivity index (χ0) is 11.8. The molecule has 1 fully saturated rings. The fourth-order valence-electron chi connectivity index (χ4n) is 2.43. The van der Waals surface area contributed by atoms with Gasteiger partial charge in [0.1, 0.15) is 17.4 Å². The standard InChI is InChI=1S/C13H13N3S/c1-16-11-4-2-3-9(7-14)12(11)15-13(16)10-5-6-17-8-10/h2-4,10H,5-6,8H2,1H3. The van der Waals surface area contributed by atoms with Crippen molar-refractivity contribution in [2.24, 2.45) is 7.05 Å². The molecule has 1 unspecified atom stereocenters. The summed E-state index contributed by atoms with van der Waals surface area (Å²) in [6, 6.07) is 8.02. The van der Waals surface area contributed by atoms with Crippen LogP contribution in [0.4, 0.5) is 0 Å². The van der Waals surface area contributed by atoms with E-state index in [1.807, 2.05) is 30.0 Å². The Bertz CT molecular complexity index is 603. The van der Waals surface area contributed by atoms with Gasteiger partial charge in [-0.25, -0.2) is 4.98 Å². The predicted molar refractivity (Wildman–Crippen MR) is 70.1 cm³/mol. The first-order chi connectivity index (χ1) is 8.31. The van der Waals surface area contributed by atoms with Gasteiger partial charge in [-0.15, -0.1) is 0 Å². The molecule has 1 atom stereocenters. The Kier molecular flexibility index (Phi) is 2.56. The van der Waals surface area contributed by atoms with Gasteiger partial charge in [-0.05, 0) is 24.3 Å². The summed E-state index contributed by atoms with van der Waals surface area (Å²) in [5.74, 6) is 4.05. The Hall–Kier alpha value is -1.47. The highest BCUT2D eigenvalue weighted by molar-refractivity contribution is 7.99. The molecule has 4 heteroatoms. The van der Waals surface area contributed by atoms with E-state index < -0.39 is 0 Å². The van der Waals surface area contributed by atoms with Crippen LogP contribution in [0.2, 0.25) is 0 Å². The summed E-state index contributed by atoms with van der Waals surface area (Å²) < 4.78 is 2.15. The lowest BCUT2D eigenvalue weighted by atomic mass is 10.1. The van der Waals surface area contributed by atoms with Crippen LogP contribution < -0.4 is 0 Å². The van der Waals surface area contributed by atoms with E-state index in [0.29, 0.717) is 11.5 Å². The van der Waals surface area contributed by atoms with Gasteiger partial charge in [0.25, 0.3) is 0 Å². The highest BCUT2D eigenvalue weighted by atomic mass is 32.2. The molecule has 1 aliphatic heterocycles. The Morgan fingerprint density at radius 3 is 3.12 bits per heavy atom. The second-order valence-electron chi connectivity index (χ2n) is 4.37. The fraction of sp³-hybridized carbons (Fsp3) is 0.385. The molecule has 2 aromatic rings. The second-order valence-corrected chi connectivity index (χ2v) is 5.52. The summed E-state index contributed by atoms with van der Waals surface area (Å²) >= 11 is 1.99. The number of aromatic nitrogens is 2. The van der Waals surface area contributed by atoms with Crippen molar-refractivity contribution in [1.82, 2.24) is 9.55 Å². The van der Waals surface area contributed by atoms with Gasteiger partial charge in [-0.3, -0.25) is 0 Å². The monoisotopic (exact) mass is 243 g/mol. The first-order valence-corrected chi connectivity index (χ1v) is 6.90. The summed E-state index contributed by atoms with van der Waals surface area (Å²) in [6.45, 7) is 0. The van der Waals surface area contributed by atoms with Crippen LogP contribution in [-0.2, 0) is 7.05 Å². The second kappa shape index (κ2) is 4.08. The number of benzene rings is 1. The first kappa shape index (κ1) is 10.7. The molecule has 0 bridgehead atoms. The summed E-state index contributed by atoms with van der Waals surface area (Å²) in [5, 5.41) is 9.10. The van der Waals surface area contributed by atoms with Gasteiger partial charge < -0.3 is 4.57 Å². The minimum absolute atomic E-state index is 0.545. The topological polar surface area (TPSA) is 41.6 Å². The van der Waals surface area contributed by atoms with Crippen molar-refractivity contribution in [1.29, 1.82) is 5.26 Å². The van der Waals surface area contributed by atoms with E-state index in [2.05, 4.69) is 17.7 Å². The van der Waals surface area contributed by atoms with Crippen molar-refractivity contribution < 1.29 is 0 Å². The largest absolute Gasteiger partial charge is 0.331 e. The van der Waals surface area contributed by atoms with E-state index in [0.717, 1.165) is 22.6 Å². The number of aryl methyl sites for hydroxylation is 1. The van der Waals surface area contributed by atoms with E-state index in [-0.39, 0.29) is 0 Å². The van der Waals surface area contributed by atoms with E-state index in [9.17, 15) is 0 Å². The van der Waals surface area contributed by atoms with Gasteiger partial charge >= 0.3 is 0 Å². The van der Waals surface area contributed by atoms with Crippen LogP contribution in [0.5, 0.6) is 0 Å². The highest BCUT2D eigenvalue weighted by Gasteiger charge is 2.23. The molecule has 17 heavy (non-hydrogen) atoms. The Labute approximate surface area is 104 Å². The smallest absolute Gasteiger partial charge is 0.113 e. The maximum Gasteiger partial charge on any atom is 0.113 e. The van der Waals surface area contributed by atoms with Gasteiger partial charge in [-0.2, -0.15) is 17.0 Å². The van der Waals surface area contributed by atoms with Gasteiger partial charge in [0.2, 0.25) is 0 Å². The molecule has 0 radical (unpaired) electrons. The minimum atomic E-state index is 0.545. The number of hydrogen-bond acceptors (Lipinski definition) is 3. The molecular weight excluding hydrogens is 230 g/mol. The van der Waals surface area contributed by atoms with Gasteiger partial charge in [0, 0.05) is 18.7 Å². The quantitative estimate of drug-likeness (QED) is 0.773. The number of nitriles is 1. The molecule has 1 aliphatic rings. The molecule has 0 N–H and O–H groups in total. The Balaban J connectivity index is 2.21. The molecular formula is C13H13N3S. The average molecular weight is 243 g/mol. The number of para-hydroxylation sites is 1. The number of imidazole rings is 1. The van der Waals surface area contributed by atoms with E-state index in [1.165, 1.54) is 12.2 Å². The molecule has 1 saturated heterocycles. The fourth-order valence-corrected chi connectivity index (χ4v) is 3.64. The minimum Gasteiger partial charge on any atom is -0.331 e. The Morgan fingerprint density at radius 2 is 2.41 bits per heavy atom. The lowest BCUT2D eigenvalue weighted by Crippen LogP contribution is -2.04. The molecule has 0 saturated carbocycles. The molecule has 2 heterocycles. The number of hydrogen-bond donors (Lipinski definition) is 0. The Morgan fingerprint density at radius 1 is 1.53 bits per heavy atom. The van der Waals surface area contributed by atoms with Crippen molar-refractivity contribution in [2.75, 3.05) is 11.5 Å². The van der Waals surface area contributed by atoms with E-state index in [4.69, 9.17) is 10.2 Å². The van der Waals surface area contributed by atoms with Crippen molar-refractivity contribution >= 4 is 22.8 Å². The molecule has 0 amide bonds. The normalized spacial score (nSPS) is 19.6. The van der Waals surface area contributed by atoms with Crippen molar-refractivity contribution in [3.8, 4) is 6.07 Å². The number of fused-ring (bicyclic) bond motifs is 1. The van der Waals surface area contributed by atoms with E-state index >= 15 is 0 Å². The van der Waals surface area contributed by atoms with Gasteiger partial charge in [0.15, 0.2) is 0 Å². The van der Waals surface area contributed by atoms with E-state index in [1.54, 1.807) is 0 Å². The predicted octanol–water partition coefficient (Wildman–Crippen LogP) is 2.67. The van der Waals surface area contributed by atoms with Crippen molar-refractivity contribution in [3.05, 3.63) is 29.6 Å². The molecule has 86 valence electrons. The summed E-state index contributed by atoms with van der Waals surface area (Å²) in [6.07, 6.45) is 1.20. The third-order valence-electron chi connectivity index (χ3n) is 3.36. The third-order valence-corrected chi connectivity index (χ3v) is 4.52. The molecule has 0 aliphatic carbocycles. The SMILES string of the molecule is Cn1c(C2CCSC2)nc2c(C#N)cccc21. The summed E-state index contributed by atoms with van der Waals surface area (Å²) in [5.41, 5.74) is 2.59. The molecule has 3 rings (SSSR count). The third kappa shape index (κ3) is 1.62. The molecule has 1 aromatic heterocycles. The van der Waals surface area contributed by atoms with Crippen LogP contribution in [0, 0.1) is 11.3 Å². The molecule has 1 aromatic carbocycles. The molecule has 0 spiro atoms. The highest BCUT2D eigenvalue weighted by Crippen LogP contribution is 2.33. The van der Waals surface area contributed by atoms with Crippen LogP contribution in [0.3, 0.4) is 0 Å². The number of rotatable bonds is 1. The van der Waals surface area contributed by atoms with Crippen LogP contribution in [0.25, 0.3) is 11.0 Å². The van der Waals surface area contributed by atoms with Crippen LogP contribution in [0.15, 0.2) is 18.2 Å². The zero-order valence-electron chi connectivity index (χ0n) is 9.68. The number of thioether (sulfide) groups is 1. The molecule has 3 nitrogen and oxygen atoms in total. The van der Waals surface area contributed by atoms with Crippen molar-refractivity contribution in [3.63, 3.8) is 0 Å². The van der Waals surface area contributed by atoms with Gasteiger partial charge in [-0.1, -0.05) is 6.07 Å².